The number of esters is 1. The Bertz CT molecular complexity index is 115. The van der Waals surface area contributed by atoms with Gasteiger partial charge in [-0.1, -0.05) is 0 Å². The van der Waals surface area contributed by atoms with E-state index >= 15 is 0 Å². The summed E-state index contributed by atoms with van der Waals surface area (Å²) in [4.78, 5) is 10.8. The van der Waals surface area contributed by atoms with Crippen LogP contribution in [0.1, 0.15) is 19.8 Å². The molecule has 0 heterocycles. The van der Waals surface area contributed by atoms with E-state index < -0.39 is 0 Å². The molecule has 1 aliphatic rings. The Kier molecular flexibility index (Phi) is 9.75. The Hall–Kier alpha value is 0.823. The molecule has 0 spiro atoms. The molecule has 0 radical (unpaired) electrons. The first-order valence-corrected chi connectivity index (χ1v) is 3.33. The van der Waals surface area contributed by atoms with Crippen LogP contribution in [0.15, 0.2) is 0 Å². The molecule has 60 valence electrons. The summed E-state index contributed by atoms with van der Waals surface area (Å²) in [6.07, 6.45) is 3.93. The molecule has 1 aliphatic carbocycles. The Morgan fingerprint density at radius 3 is 2.45 bits per heavy atom. The van der Waals surface area contributed by atoms with Crippen molar-refractivity contribution in [1.82, 2.24) is 0 Å². The maximum atomic E-state index is 10.8. The zero-order valence-electron chi connectivity index (χ0n) is 6.68. The van der Waals surface area contributed by atoms with Crippen molar-refractivity contribution in [2.24, 2.45) is 5.92 Å². The Morgan fingerprint density at radius 2 is 2.18 bits per heavy atom. The van der Waals surface area contributed by atoms with Gasteiger partial charge >= 0.3 is 25.4 Å². The van der Waals surface area contributed by atoms with Crippen LogP contribution < -0.4 is 24.0 Å². The van der Waals surface area contributed by atoms with Crippen LogP contribution in [0.4, 0.5) is 0 Å². The number of carbonyl (C=O) groups excluding carboxylic acids is 1. The van der Waals surface area contributed by atoms with Gasteiger partial charge in [-0.2, -0.15) is 12.8 Å². The van der Waals surface area contributed by atoms with Gasteiger partial charge in [0.25, 0.3) is 0 Å². The second-order valence-electron chi connectivity index (χ2n) is 2.21. The van der Waals surface area contributed by atoms with Crippen molar-refractivity contribution < 1.29 is 53.0 Å². The summed E-state index contributed by atoms with van der Waals surface area (Å²) in [5, 5.41) is 0. The number of carbonyl (C=O) groups is 1. The number of rotatable bonds is 2. The quantitative estimate of drug-likeness (QED) is 0.259. The SMILES string of the molecule is CCOC(=O)C1C[CH-]C1.[I-].[Zn+2]. The molecule has 11 heavy (non-hydrogen) atoms. The Morgan fingerprint density at radius 1 is 1.64 bits per heavy atom. The molecule has 1 saturated carbocycles. The van der Waals surface area contributed by atoms with E-state index in [9.17, 15) is 4.79 Å². The summed E-state index contributed by atoms with van der Waals surface area (Å²) in [7, 11) is 0. The van der Waals surface area contributed by atoms with Gasteiger partial charge in [0.05, 0.1) is 6.61 Å². The molecule has 0 unspecified atom stereocenters. The van der Waals surface area contributed by atoms with Crippen molar-refractivity contribution >= 4 is 5.97 Å². The second-order valence-corrected chi connectivity index (χ2v) is 2.21. The fourth-order valence-corrected chi connectivity index (χ4v) is 0.786. The van der Waals surface area contributed by atoms with Crippen LogP contribution >= 0.6 is 0 Å². The van der Waals surface area contributed by atoms with Gasteiger partial charge in [-0.3, -0.25) is 4.79 Å². The summed E-state index contributed by atoms with van der Waals surface area (Å²) < 4.78 is 4.79. The zero-order chi connectivity index (χ0) is 6.69. The smallest absolute Gasteiger partial charge is 1.00 e. The van der Waals surface area contributed by atoms with E-state index in [1.165, 1.54) is 0 Å². The first-order valence-electron chi connectivity index (χ1n) is 3.33. The predicted molar refractivity (Wildman–Crippen MR) is 33.7 cm³/mol. The molecule has 0 aromatic rings. The molecular weight excluding hydrogens is 308 g/mol. The molecule has 0 N–H and O–H groups in total. The average Bonchev–Trinajstić information content (AvgIpc) is 1.60. The van der Waals surface area contributed by atoms with Crippen LogP contribution in [0.25, 0.3) is 0 Å². The van der Waals surface area contributed by atoms with Gasteiger partial charge in [0, 0.05) is 5.92 Å². The largest absolute Gasteiger partial charge is 2.00 e. The van der Waals surface area contributed by atoms with E-state index in [-0.39, 0.29) is 55.3 Å². The zero-order valence-corrected chi connectivity index (χ0v) is 11.8. The van der Waals surface area contributed by atoms with E-state index in [0.717, 1.165) is 12.8 Å². The van der Waals surface area contributed by atoms with Gasteiger partial charge in [-0.05, 0) is 6.92 Å². The average molecular weight is 319 g/mol. The van der Waals surface area contributed by atoms with Crippen LogP contribution in [-0.4, -0.2) is 12.6 Å². The van der Waals surface area contributed by atoms with Crippen molar-refractivity contribution in [3.8, 4) is 0 Å². The van der Waals surface area contributed by atoms with Crippen molar-refractivity contribution in [2.75, 3.05) is 6.61 Å². The van der Waals surface area contributed by atoms with Crippen LogP contribution in [0.3, 0.4) is 0 Å². The van der Waals surface area contributed by atoms with E-state index in [0.29, 0.717) is 6.61 Å². The van der Waals surface area contributed by atoms with Crippen LogP contribution in [0.5, 0.6) is 0 Å². The molecule has 0 aliphatic heterocycles. The third-order valence-electron chi connectivity index (χ3n) is 1.52. The first kappa shape index (κ1) is 14.4. The molecule has 4 heteroatoms. The maximum Gasteiger partial charge on any atom is 2.00 e. The third-order valence-corrected chi connectivity index (χ3v) is 1.52. The molecule has 0 atom stereocenters. The molecule has 0 aromatic heterocycles. The normalized spacial score (nSPS) is 15.4. The van der Waals surface area contributed by atoms with Gasteiger partial charge in [-0.15, -0.1) is 0 Å². The fraction of sp³-hybridized carbons (Fsp3) is 0.714. The number of ether oxygens (including phenoxy) is 1. The standard InChI is InChI=1S/C7H11O2.HI.Zn/c1-2-9-7(8)6-4-3-5-6;;/h3,6H,2,4-5H2,1H3;1H;/q-1;;+2/p-1. The Labute approximate surface area is 97.2 Å². The second kappa shape index (κ2) is 7.47. The summed E-state index contributed by atoms with van der Waals surface area (Å²) in [5.41, 5.74) is 0. The van der Waals surface area contributed by atoms with E-state index in [1.54, 1.807) is 0 Å². The molecule has 0 amide bonds. The molecule has 0 bridgehead atoms. The van der Waals surface area contributed by atoms with Gasteiger partial charge < -0.3 is 35.1 Å². The summed E-state index contributed by atoms with van der Waals surface area (Å²) in [5.74, 6) is 0.157. The summed E-state index contributed by atoms with van der Waals surface area (Å²) in [6, 6.07) is 0. The van der Waals surface area contributed by atoms with Crippen LogP contribution in [-0.2, 0) is 29.0 Å². The van der Waals surface area contributed by atoms with Gasteiger partial charge in [0.1, 0.15) is 0 Å². The minimum absolute atomic E-state index is 0. The summed E-state index contributed by atoms with van der Waals surface area (Å²) in [6.45, 7) is 2.34. The number of hydrogen-bond donors (Lipinski definition) is 0. The van der Waals surface area contributed by atoms with Crippen molar-refractivity contribution in [3.63, 3.8) is 0 Å². The minimum atomic E-state index is -0.0278. The molecule has 1 fully saturated rings. The third kappa shape index (κ3) is 4.41. The Balaban J connectivity index is 0. The van der Waals surface area contributed by atoms with Gasteiger partial charge in [0.15, 0.2) is 0 Å². The molecule has 0 saturated heterocycles. The minimum Gasteiger partial charge on any atom is -1.00 e. The maximum absolute atomic E-state index is 10.8. The van der Waals surface area contributed by atoms with Crippen molar-refractivity contribution in [3.05, 3.63) is 6.42 Å². The molecule has 2 nitrogen and oxygen atoms in total. The molecule has 1 rings (SSSR count). The topological polar surface area (TPSA) is 26.3 Å². The first-order chi connectivity index (χ1) is 4.34. The van der Waals surface area contributed by atoms with Gasteiger partial charge in [-0.25, -0.2) is 0 Å². The predicted octanol–water partition coefficient (Wildman–Crippen LogP) is -1.83. The molecule has 0 aromatic carbocycles. The number of hydrogen-bond acceptors (Lipinski definition) is 2. The summed E-state index contributed by atoms with van der Waals surface area (Å²) >= 11 is 0. The van der Waals surface area contributed by atoms with Gasteiger partial charge in [0.2, 0.25) is 0 Å². The van der Waals surface area contributed by atoms with Crippen LogP contribution in [0.2, 0.25) is 0 Å². The van der Waals surface area contributed by atoms with E-state index in [4.69, 9.17) is 4.74 Å². The molecular formula is C7H11IO2Zn. The van der Waals surface area contributed by atoms with Crippen LogP contribution in [0, 0.1) is 12.3 Å². The van der Waals surface area contributed by atoms with Crippen molar-refractivity contribution in [2.45, 2.75) is 19.8 Å². The van der Waals surface area contributed by atoms with Crippen molar-refractivity contribution in [1.29, 1.82) is 0 Å². The monoisotopic (exact) mass is 318 g/mol. The van der Waals surface area contributed by atoms with E-state index in [2.05, 4.69) is 6.42 Å². The number of halogens is 1. The van der Waals surface area contributed by atoms with E-state index in [1.807, 2.05) is 6.92 Å². The fourth-order valence-electron chi connectivity index (χ4n) is 0.786.